The normalized spacial score (nSPS) is 33.8. The Morgan fingerprint density at radius 2 is 1.84 bits per heavy atom. The highest BCUT2D eigenvalue weighted by molar-refractivity contribution is 5.95. The van der Waals surface area contributed by atoms with Crippen molar-refractivity contribution in [2.45, 2.75) is 88.2 Å². The van der Waals surface area contributed by atoms with Crippen molar-refractivity contribution in [3.8, 4) is 11.5 Å². The number of hydrogen-bond acceptors (Lipinski definition) is 7. The second-order valence-corrected chi connectivity index (χ2v) is 15.1. The molecular weight excluding hydrogens is 568 g/mol. The Kier molecular flexibility index (Phi) is 6.34. The van der Waals surface area contributed by atoms with Crippen molar-refractivity contribution in [3.63, 3.8) is 0 Å². The molecule has 3 fully saturated rings. The molecule has 238 valence electrons. The van der Waals surface area contributed by atoms with Crippen LogP contribution in [-0.2, 0) is 32.6 Å². The zero-order valence-electron chi connectivity index (χ0n) is 27.0. The van der Waals surface area contributed by atoms with E-state index in [1.54, 1.807) is 14.2 Å². The van der Waals surface area contributed by atoms with Crippen molar-refractivity contribution >= 4 is 12.0 Å². The second-order valence-electron chi connectivity index (χ2n) is 15.1. The topological polar surface area (TPSA) is 77.5 Å². The maximum absolute atomic E-state index is 15.0. The molecule has 1 unspecified atom stereocenters. The average molecular weight is 613 g/mol. The Balaban J connectivity index is 1.27. The number of imide groups is 1. The summed E-state index contributed by atoms with van der Waals surface area (Å²) < 4.78 is 25.3. The zero-order valence-corrected chi connectivity index (χ0v) is 27.0. The number of likely N-dealkylation sites (tertiary alicyclic amines) is 1. The summed E-state index contributed by atoms with van der Waals surface area (Å²) in [5, 5.41) is 0. The van der Waals surface area contributed by atoms with Crippen LogP contribution in [0.3, 0.4) is 0 Å². The molecule has 2 heterocycles. The standard InChI is InChI=1S/C37H44N2O6/c1-34(2,3)45-33(41)39(22-23-9-7-6-8-10-23)31(40)26-20-35-15-16-37(26,43-5)32-36(35)17-18-38(21-24-11-12-24)28(35)19-25-13-14-27(42-4)30(44-32)29(25)36/h6-10,13-16,24,26,28,32H,11-12,17-22H2,1-5H3/t26?,28-,32-,35-,36+,37-/m1/s1. The van der Waals surface area contributed by atoms with Crippen molar-refractivity contribution in [1.29, 1.82) is 0 Å². The van der Waals surface area contributed by atoms with Gasteiger partial charge in [0.1, 0.15) is 17.3 Å². The van der Waals surface area contributed by atoms with Gasteiger partial charge < -0.3 is 18.9 Å². The Hall–Kier alpha value is -3.36. The van der Waals surface area contributed by atoms with Gasteiger partial charge in [-0.15, -0.1) is 0 Å². The van der Waals surface area contributed by atoms with E-state index in [1.165, 1.54) is 28.9 Å². The molecule has 9 rings (SSSR count). The van der Waals surface area contributed by atoms with Crippen LogP contribution in [0.1, 0.15) is 63.1 Å². The quantitative estimate of drug-likeness (QED) is 0.374. The number of benzene rings is 2. The smallest absolute Gasteiger partial charge is 0.417 e. The highest BCUT2D eigenvalue weighted by Gasteiger charge is 2.80. The number of nitrogens with zero attached hydrogens (tertiary/aromatic N) is 2. The Morgan fingerprint density at radius 1 is 1.07 bits per heavy atom. The predicted molar refractivity (Wildman–Crippen MR) is 168 cm³/mol. The first-order valence-electron chi connectivity index (χ1n) is 16.5. The molecule has 45 heavy (non-hydrogen) atoms. The predicted octanol–water partition coefficient (Wildman–Crippen LogP) is 5.66. The fourth-order valence-electron chi connectivity index (χ4n) is 9.71. The lowest BCUT2D eigenvalue weighted by Gasteiger charge is -2.71. The molecule has 2 spiro atoms. The average Bonchev–Trinajstić information content (AvgIpc) is 3.77. The van der Waals surface area contributed by atoms with Gasteiger partial charge in [-0.2, -0.15) is 0 Å². The molecule has 0 N–H and O–H groups in total. The monoisotopic (exact) mass is 612 g/mol. The highest BCUT2D eigenvalue weighted by atomic mass is 16.6. The van der Waals surface area contributed by atoms with Crippen LogP contribution in [-0.4, -0.2) is 72.5 Å². The zero-order chi connectivity index (χ0) is 31.4. The first-order valence-corrected chi connectivity index (χ1v) is 16.5. The number of amides is 2. The van der Waals surface area contributed by atoms with E-state index in [2.05, 4.69) is 23.1 Å². The minimum Gasteiger partial charge on any atom is -0.493 e. The number of ether oxygens (including phenoxy) is 4. The number of hydrogen-bond donors (Lipinski definition) is 0. The number of carbonyl (C=O) groups excluding carboxylic acids is 2. The van der Waals surface area contributed by atoms with Gasteiger partial charge in [-0.05, 0) is 82.5 Å². The SMILES string of the molecule is COc1ccc2c3c1O[C@@H]1[C@]34CCN(CC3CC3)[C@H](C2)[C@]42C=C[C@@]1(OC)C(C(=O)N(Cc1ccccc1)C(=O)OC(C)(C)C)C2. The molecule has 2 amide bonds. The first kappa shape index (κ1) is 29.1. The molecule has 2 aromatic rings. The fourth-order valence-corrected chi connectivity index (χ4v) is 9.71. The Bertz CT molecular complexity index is 1580. The van der Waals surface area contributed by atoms with Crippen molar-refractivity contribution in [1.82, 2.24) is 9.80 Å². The van der Waals surface area contributed by atoms with Crippen LogP contribution in [0, 0.1) is 17.3 Å². The van der Waals surface area contributed by atoms with Crippen LogP contribution < -0.4 is 9.47 Å². The maximum atomic E-state index is 15.0. The van der Waals surface area contributed by atoms with Gasteiger partial charge in [0.15, 0.2) is 11.5 Å². The summed E-state index contributed by atoms with van der Waals surface area (Å²) in [5.41, 5.74) is 0.885. The lowest BCUT2D eigenvalue weighted by atomic mass is 9.37. The van der Waals surface area contributed by atoms with Gasteiger partial charge in [0, 0.05) is 30.7 Å². The van der Waals surface area contributed by atoms with Crippen LogP contribution in [0.4, 0.5) is 4.79 Å². The number of fused-ring (bicyclic) bond motifs is 1. The van der Waals surface area contributed by atoms with E-state index >= 15 is 4.79 Å². The second kappa shape index (κ2) is 9.82. The van der Waals surface area contributed by atoms with Gasteiger partial charge in [0.2, 0.25) is 5.91 Å². The summed E-state index contributed by atoms with van der Waals surface area (Å²) >= 11 is 0. The van der Waals surface area contributed by atoms with Crippen LogP contribution in [0.2, 0.25) is 0 Å². The summed E-state index contributed by atoms with van der Waals surface area (Å²) in [6, 6.07) is 14.1. The molecular formula is C37H44N2O6. The van der Waals surface area contributed by atoms with Crippen LogP contribution in [0.5, 0.6) is 11.5 Å². The van der Waals surface area contributed by atoms with Crippen LogP contribution in [0.25, 0.3) is 0 Å². The van der Waals surface area contributed by atoms with E-state index in [0.29, 0.717) is 6.42 Å². The molecule has 0 radical (unpaired) electrons. The maximum Gasteiger partial charge on any atom is 0.417 e. The van der Waals surface area contributed by atoms with Crippen molar-refractivity contribution in [3.05, 3.63) is 71.3 Å². The molecule has 8 heteroatoms. The molecule has 2 aromatic carbocycles. The van der Waals surface area contributed by atoms with Gasteiger partial charge >= 0.3 is 6.09 Å². The molecule has 8 nitrogen and oxygen atoms in total. The van der Waals surface area contributed by atoms with E-state index in [4.69, 9.17) is 18.9 Å². The minimum absolute atomic E-state index is 0.119. The Labute approximate surface area is 265 Å². The summed E-state index contributed by atoms with van der Waals surface area (Å²) in [6.45, 7) is 7.68. The summed E-state index contributed by atoms with van der Waals surface area (Å²) in [6.07, 6.45) is 8.40. The van der Waals surface area contributed by atoms with E-state index in [-0.39, 0.29) is 29.3 Å². The third-order valence-corrected chi connectivity index (χ3v) is 11.7. The van der Waals surface area contributed by atoms with Crippen LogP contribution >= 0.6 is 0 Å². The molecule has 0 aromatic heterocycles. The van der Waals surface area contributed by atoms with Crippen LogP contribution in [0.15, 0.2) is 54.6 Å². The van der Waals surface area contributed by atoms with E-state index in [0.717, 1.165) is 48.9 Å². The lowest BCUT2D eigenvalue weighted by molar-refractivity contribution is -0.218. The van der Waals surface area contributed by atoms with Gasteiger partial charge in [-0.3, -0.25) is 9.69 Å². The number of piperidine rings is 1. The molecule has 6 atom stereocenters. The van der Waals surface area contributed by atoms with Crippen molar-refractivity contribution in [2.24, 2.45) is 17.3 Å². The van der Waals surface area contributed by atoms with Crippen molar-refractivity contribution in [2.75, 3.05) is 27.3 Å². The van der Waals surface area contributed by atoms with Gasteiger partial charge in [-0.25, -0.2) is 9.69 Å². The van der Waals surface area contributed by atoms with Crippen molar-refractivity contribution < 1.29 is 28.5 Å². The minimum atomic E-state index is -1.07. The summed E-state index contributed by atoms with van der Waals surface area (Å²) in [7, 11) is 3.37. The molecule has 4 bridgehead atoms. The van der Waals surface area contributed by atoms with Gasteiger partial charge in [-0.1, -0.05) is 48.6 Å². The largest absolute Gasteiger partial charge is 0.493 e. The molecule has 1 saturated heterocycles. The molecule has 7 aliphatic rings. The summed E-state index contributed by atoms with van der Waals surface area (Å²) in [4.78, 5) is 32.9. The molecule has 2 aliphatic heterocycles. The third kappa shape index (κ3) is 3.97. The summed E-state index contributed by atoms with van der Waals surface area (Å²) in [5.74, 6) is 1.34. The Morgan fingerprint density at radius 3 is 2.53 bits per heavy atom. The lowest BCUT2D eigenvalue weighted by Crippen LogP contribution is -2.80. The highest BCUT2D eigenvalue weighted by Crippen LogP contribution is 2.75. The first-order chi connectivity index (χ1) is 21.6. The number of rotatable bonds is 7. The fraction of sp³-hybridized carbons (Fsp3) is 0.568. The molecule has 2 saturated carbocycles. The van der Waals surface area contributed by atoms with E-state index in [9.17, 15) is 4.79 Å². The number of carbonyl (C=O) groups is 2. The third-order valence-electron chi connectivity index (χ3n) is 11.7. The number of methoxy groups -OCH3 is 2. The van der Waals surface area contributed by atoms with Gasteiger partial charge in [0.25, 0.3) is 0 Å². The van der Waals surface area contributed by atoms with E-state index in [1.807, 2.05) is 57.2 Å². The molecule has 5 aliphatic carbocycles. The van der Waals surface area contributed by atoms with Gasteiger partial charge in [0.05, 0.1) is 25.0 Å². The van der Waals surface area contributed by atoms with E-state index < -0.39 is 29.3 Å².